The highest BCUT2D eigenvalue weighted by atomic mass is 16.5. The third kappa shape index (κ3) is 4.15. The molecule has 0 aliphatic carbocycles. The van der Waals surface area contributed by atoms with Gasteiger partial charge in [-0.05, 0) is 12.1 Å². The minimum Gasteiger partial charge on any atom is -0.496 e. The molecule has 3 N–H and O–H groups in total. The molecule has 0 spiro atoms. The molecule has 1 unspecified atom stereocenters. The monoisotopic (exact) mass is 381 g/mol. The molecule has 0 bridgehead atoms. The molecule has 0 radical (unpaired) electrons. The smallest absolute Gasteiger partial charge is 0.309 e. The fourth-order valence-electron chi connectivity index (χ4n) is 3.12. The van der Waals surface area contributed by atoms with Crippen LogP contribution in [-0.2, 0) is 23.2 Å². The molecule has 0 aliphatic heterocycles. The van der Waals surface area contributed by atoms with E-state index in [0.717, 1.165) is 16.5 Å². The maximum Gasteiger partial charge on any atom is 0.309 e. The number of amides is 2. The zero-order valence-corrected chi connectivity index (χ0v) is 15.8. The van der Waals surface area contributed by atoms with Gasteiger partial charge in [-0.1, -0.05) is 36.4 Å². The molecule has 0 saturated carbocycles. The van der Waals surface area contributed by atoms with Crippen LogP contribution in [0.15, 0.2) is 54.7 Å². The van der Waals surface area contributed by atoms with Gasteiger partial charge in [0, 0.05) is 48.4 Å². The molecule has 1 atom stereocenters. The van der Waals surface area contributed by atoms with Crippen molar-refractivity contribution < 1.29 is 19.4 Å². The summed E-state index contributed by atoms with van der Waals surface area (Å²) in [6.07, 6.45) is 0.903. The number of carbonyl (C=O) groups is 2. The van der Waals surface area contributed by atoms with Crippen LogP contribution in [0.2, 0.25) is 0 Å². The van der Waals surface area contributed by atoms with Crippen LogP contribution in [0.5, 0.6) is 5.75 Å². The Morgan fingerprint density at radius 3 is 2.54 bits per heavy atom. The van der Waals surface area contributed by atoms with Crippen molar-refractivity contribution in [2.45, 2.75) is 12.6 Å². The van der Waals surface area contributed by atoms with Crippen LogP contribution in [-0.4, -0.2) is 35.1 Å². The highest BCUT2D eigenvalue weighted by molar-refractivity contribution is 6.35. The van der Waals surface area contributed by atoms with Crippen molar-refractivity contribution in [3.05, 3.63) is 65.9 Å². The molecule has 146 valence electrons. The number of aryl methyl sites for hydroxylation is 1. The first-order valence-electron chi connectivity index (χ1n) is 8.91. The minimum atomic E-state index is -0.919. The summed E-state index contributed by atoms with van der Waals surface area (Å²) in [7, 11) is 3.43. The van der Waals surface area contributed by atoms with Crippen LogP contribution in [0.3, 0.4) is 0 Å². The largest absolute Gasteiger partial charge is 0.496 e. The molecule has 2 amide bonds. The van der Waals surface area contributed by atoms with Gasteiger partial charge >= 0.3 is 11.8 Å². The summed E-state index contributed by atoms with van der Waals surface area (Å²) in [5.74, 6) is -0.931. The van der Waals surface area contributed by atoms with E-state index in [2.05, 4.69) is 10.6 Å². The molecule has 3 rings (SSSR count). The fourth-order valence-corrected chi connectivity index (χ4v) is 3.12. The molecule has 3 aromatic rings. The Kier molecular flexibility index (Phi) is 5.96. The SMILES string of the molecule is COc1ccccc1CNC(=O)C(=O)NCC(O)c1cn(C)c2ccccc12. The van der Waals surface area contributed by atoms with E-state index in [1.165, 1.54) is 0 Å². The van der Waals surface area contributed by atoms with Gasteiger partial charge in [0.05, 0.1) is 13.2 Å². The maximum absolute atomic E-state index is 12.1. The van der Waals surface area contributed by atoms with Crippen LogP contribution in [0.25, 0.3) is 10.9 Å². The number of nitrogens with zero attached hydrogens (tertiary/aromatic N) is 1. The van der Waals surface area contributed by atoms with E-state index in [9.17, 15) is 14.7 Å². The number of aliphatic hydroxyl groups excluding tert-OH is 1. The Bertz CT molecular complexity index is 996. The molecule has 28 heavy (non-hydrogen) atoms. The summed E-state index contributed by atoms with van der Waals surface area (Å²) in [6, 6.07) is 14.9. The molecule has 1 heterocycles. The number of nitrogens with one attached hydrogen (secondary N) is 2. The van der Waals surface area contributed by atoms with Crippen molar-refractivity contribution in [3.63, 3.8) is 0 Å². The van der Waals surface area contributed by atoms with Crippen molar-refractivity contribution in [2.75, 3.05) is 13.7 Å². The summed E-state index contributed by atoms with van der Waals surface area (Å²) in [5.41, 5.74) is 2.45. The number of para-hydroxylation sites is 2. The van der Waals surface area contributed by atoms with E-state index in [1.54, 1.807) is 19.2 Å². The van der Waals surface area contributed by atoms with E-state index in [4.69, 9.17) is 4.74 Å². The first-order valence-corrected chi connectivity index (χ1v) is 8.91. The molecule has 1 aromatic heterocycles. The van der Waals surface area contributed by atoms with Crippen LogP contribution in [0.4, 0.5) is 0 Å². The Labute approximate surface area is 162 Å². The zero-order chi connectivity index (χ0) is 20.1. The normalized spacial score (nSPS) is 11.8. The molecular weight excluding hydrogens is 358 g/mol. The van der Waals surface area contributed by atoms with Gasteiger partial charge in [-0.25, -0.2) is 0 Å². The third-order valence-electron chi connectivity index (χ3n) is 4.58. The second-order valence-electron chi connectivity index (χ2n) is 6.43. The van der Waals surface area contributed by atoms with Crippen LogP contribution >= 0.6 is 0 Å². The number of ether oxygens (including phenoxy) is 1. The van der Waals surface area contributed by atoms with Gasteiger partial charge < -0.3 is 25.0 Å². The summed E-state index contributed by atoms with van der Waals surface area (Å²) < 4.78 is 7.13. The Morgan fingerprint density at radius 1 is 1.07 bits per heavy atom. The van der Waals surface area contributed by atoms with Gasteiger partial charge in [0.2, 0.25) is 0 Å². The number of carbonyl (C=O) groups excluding carboxylic acids is 2. The van der Waals surface area contributed by atoms with Crippen molar-refractivity contribution in [1.29, 1.82) is 0 Å². The van der Waals surface area contributed by atoms with Crippen molar-refractivity contribution in [3.8, 4) is 5.75 Å². The lowest BCUT2D eigenvalue weighted by atomic mass is 10.1. The molecule has 0 fully saturated rings. The lowest BCUT2D eigenvalue weighted by molar-refractivity contribution is -0.139. The standard InChI is InChI=1S/C21H23N3O4/c1-24-13-16(15-8-4-5-9-17(15)24)18(25)12-23-21(27)20(26)22-11-14-7-3-6-10-19(14)28-2/h3-10,13,18,25H,11-12H2,1-2H3,(H,22,26)(H,23,27). The molecule has 7 nitrogen and oxygen atoms in total. The molecule has 2 aromatic carbocycles. The number of methoxy groups -OCH3 is 1. The Balaban J connectivity index is 1.56. The lowest BCUT2D eigenvalue weighted by Crippen LogP contribution is -2.41. The third-order valence-corrected chi connectivity index (χ3v) is 4.58. The van der Waals surface area contributed by atoms with Gasteiger partial charge in [0.25, 0.3) is 0 Å². The van der Waals surface area contributed by atoms with Gasteiger partial charge in [-0.3, -0.25) is 9.59 Å². The van der Waals surface area contributed by atoms with Crippen molar-refractivity contribution in [2.24, 2.45) is 7.05 Å². The predicted molar refractivity (Wildman–Crippen MR) is 106 cm³/mol. The number of fused-ring (bicyclic) bond motifs is 1. The molecular formula is C21H23N3O4. The highest BCUT2D eigenvalue weighted by Crippen LogP contribution is 2.25. The van der Waals surface area contributed by atoms with Crippen LogP contribution in [0, 0.1) is 0 Å². The van der Waals surface area contributed by atoms with Crippen molar-refractivity contribution in [1.82, 2.24) is 15.2 Å². The quantitative estimate of drug-likeness (QED) is 0.566. The topological polar surface area (TPSA) is 92.6 Å². The van der Waals surface area contributed by atoms with E-state index in [0.29, 0.717) is 11.3 Å². The number of benzene rings is 2. The summed E-state index contributed by atoms with van der Waals surface area (Å²) >= 11 is 0. The molecule has 0 aliphatic rings. The van der Waals surface area contributed by atoms with E-state index < -0.39 is 17.9 Å². The molecule has 0 saturated heterocycles. The number of hydrogen-bond donors (Lipinski definition) is 3. The van der Waals surface area contributed by atoms with E-state index in [-0.39, 0.29) is 13.1 Å². The maximum atomic E-state index is 12.1. The predicted octanol–water partition coefficient (Wildman–Crippen LogP) is 1.65. The van der Waals surface area contributed by atoms with Crippen molar-refractivity contribution >= 4 is 22.7 Å². The summed E-state index contributed by atoms with van der Waals surface area (Å²) in [6.45, 7) is 0.108. The minimum absolute atomic E-state index is 0.0606. The zero-order valence-electron chi connectivity index (χ0n) is 15.8. The van der Waals surface area contributed by atoms with Gasteiger partial charge in [-0.15, -0.1) is 0 Å². The number of aromatic nitrogens is 1. The van der Waals surface area contributed by atoms with E-state index >= 15 is 0 Å². The van der Waals surface area contributed by atoms with Crippen LogP contribution < -0.4 is 15.4 Å². The van der Waals surface area contributed by atoms with Gasteiger partial charge in [0.1, 0.15) is 5.75 Å². The Hall–Kier alpha value is -3.32. The fraction of sp³-hybridized carbons (Fsp3) is 0.238. The second kappa shape index (κ2) is 8.58. The number of hydrogen-bond acceptors (Lipinski definition) is 4. The average molecular weight is 381 g/mol. The first-order chi connectivity index (χ1) is 13.5. The van der Waals surface area contributed by atoms with E-state index in [1.807, 2.05) is 54.2 Å². The first kappa shape index (κ1) is 19.4. The van der Waals surface area contributed by atoms with Crippen LogP contribution in [0.1, 0.15) is 17.2 Å². The summed E-state index contributed by atoms with van der Waals surface area (Å²) in [5, 5.41) is 16.4. The van der Waals surface area contributed by atoms with Gasteiger partial charge in [0.15, 0.2) is 0 Å². The summed E-state index contributed by atoms with van der Waals surface area (Å²) in [4.78, 5) is 24.1. The molecule has 7 heteroatoms. The number of aliphatic hydroxyl groups is 1. The lowest BCUT2D eigenvalue weighted by Gasteiger charge is -2.12. The highest BCUT2D eigenvalue weighted by Gasteiger charge is 2.18. The average Bonchev–Trinajstić information content (AvgIpc) is 3.07. The van der Waals surface area contributed by atoms with Gasteiger partial charge in [-0.2, -0.15) is 0 Å². The second-order valence-corrected chi connectivity index (χ2v) is 6.43. The number of rotatable bonds is 6. The Morgan fingerprint density at radius 2 is 1.75 bits per heavy atom.